The van der Waals surface area contributed by atoms with Crippen LogP contribution in [-0.2, 0) is 11.2 Å². The van der Waals surface area contributed by atoms with Gasteiger partial charge in [-0.05, 0) is 62.2 Å². The first-order valence-electron chi connectivity index (χ1n) is 9.25. The highest BCUT2D eigenvalue weighted by molar-refractivity contribution is 6.34. The van der Waals surface area contributed by atoms with Gasteiger partial charge in [-0.15, -0.1) is 0 Å². The summed E-state index contributed by atoms with van der Waals surface area (Å²) in [5.74, 6) is -0.429. The summed E-state index contributed by atoms with van der Waals surface area (Å²) in [6.45, 7) is 5.02. The van der Waals surface area contributed by atoms with E-state index in [4.69, 9.17) is 11.6 Å². The van der Waals surface area contributed by atoms with Gasteiger partial charge < -0.3 is 15.5 Å². The summed E-state index contributed by atoms with van der Waals surface area (Å²) in [4.78, 5) is 38.2. The first-order valence-corrected chi connectivity index (χ1v) is 9.63. The normalized spacial score (nSPS) is 12.8. The fraction of sp³-hybridized carbons (Fsp3) is 0.286. The highest BCUT2D eigenvalue weighted by Gasteiger charge is 2.18. The van der Waals surface area contributed by atoms with Gasteiger partial charge in [0.2, 0.25) is 5.91 Å². The van der Waals surface area contributed by atoms with Crippen LogP contribution in [0.3, 0.4) is 0 Å². The maximum absolute atomic E-state index is 12.6. The Labute approximate surface area is 168 Å². The van der Waals surface area contributed by atoms with Gasteiger partial charge in [0, 0.05) is 36.4 Å². The zero-order valence-electron chi connectivity index (χ0n) is 15.8. The van der Waals surface area contributed by atoms with Crippen molar-refractivity contribution in [2.75, 3.05) is 23.7 Å². The number of nitrogens with one attached hydrogen (secondary N) is 2. The third-order valence-electron chi connectivity index (χ3n) is 4.77. The Hall–Kier alpha value is -2.86. The lowest BCUT2D eigenvalue weighted by atomic mass is 10.00. The minimum atomic E-state index is -0.279. The lowest BCUT2D eigenvalue weighted by Gasteiger charge is -2.19. The van der Waals surface area contributed by atoms with Gasteiger partial charge in [0.1, 0.15) is 0 Å². The van der Waals surface area contributed by atoms with E-state index in [0.29, 0.717) is 47.8 Å². The molecule has 2 aromatic rings. The number of fused-ring (bicyclic) bond motifs is 1. The largest absolute Gasteiger partial charge is 0.339 e. The average Bonchev–Trinajstić information content (AvgIpc) is 2.68. The molecule has 0 aromatic heterocycles. The Morgan fingerprint density at radius 3 is 2.54 bits per heavy atom. The molecule has 3 rings (SSSR count). The fourth-order valence-electron chi connectivity index (χ4n) is 3.18. The highest BCUT2D eigenvalue weighted by Crippen LogP contribution is 2.25. The number of anilines is 2. The summed E-state index contributed by atoms with van der Waals surface area (Å²) >= 11 is 6.28. The number of aryl methyl sites for hydroxylation is 1. The Kier molecular flexibility index (Phi) is 5.99. The van der Waals surface area contributed by atoms with E-state index in [2.05, 4.69) is 10.6 Å². The summed E-state index contributed by atoms with van der Waals surface area (Å²) in [6, 6.07) is 10.1. The zero-order chi connectivity index (χ0) is 20.3. The molecule has 6 nitrogen and oxygen atoms in total. The number of carbonyl (C=O) groups is 3. The molecule has 0 bridgehead atoms. The molecule has 146 valence electrons. The van der Waals surface area contributed by atoms with Gasteiger partial charge in [0.05, 0.1) is 10.6 Å². The molecular weight excluding hydrogens is 378 g/mol. The fourth-order valence-corrected chi connectivity index (χ4v) is 3.44. The molecule has 1 aliphatic heterocycles. The topological polar surface area (TPSA) is 78.5 Å². The quantitative estimate of drug-likeness (QED) is 0.798. The molecule has 0 fully saturated rings. The van der Waals surface area contributed by atoms with E-state index < -0.39 is 0 Å². The molecule has 7 heteroatoms. The summed E-state index contributed by atoms with van der Waals surface area (Å²) in [5.41, 5.74) is 3.10. The van der Waals surface area contributed by atoms with Gasteiger partial charge in [-0.1, -0.05) is 11.6 Å². The van der Waals surface area contributed by atoms with Crippen LogP contribution in [0.5, 0.6) is 0 Å². The van der Waals surface area contributed by atoms with Crippen LogP contribution in [0, 0.1) is 0 Å². The number of rotatable bonds is 5. The van der Waals surface area contributed by atoms with E-state index in [1.54, 1.807) is 41.3 Å². The number of amides is 3. The van der Waals surface area contributed by atoms with Crippen LogP contribution in [0.25, 0.3) is 0 Å². The average molecular weight is 400 g/mol. The van der Waals surface area contributed by atoms with Crippen LogP contribution in [-0.4, -0.2) is 35.7 Å². The maximum atomic E-state index is 12.6. The lowest BCUT2D eigenvalue weighted by molar-refractivity contribution is -0.116. The second-order valence-corrected chi connectivity index (χ2v) is 6.95. The van der Waals surface area contributed by atoms with Crippen molar-refractivity contribution >= 4 is 40.7 Å². The first kappa shape index (κ1) is 19.9. The van der Waals surface area contributed by atoms with Crippen molar-refractivity contribution in [2.24, 2.45) is 0 Å². The number of halogens is 1. The highest BCUT2D eigenvalue weighted by atomic mass is 35.5. The maximum Gasteiger partial charge on any atom is 0.255 e. The number of hydrogen-bond acceptors (Lipinski definition) is 3. The van der Waals surface area contributed by atoms with E-state index in [-0.39, 0.29) is 17.7 Å². The lowest BCUT2D eigenvalue weighted by Crippen LogP contribution is -2.30. The van der Waals surface area contributed by atoms with Crippen LogP contribution in [0.15, 0.2) is 36.4 Å². The van der Waals surface area contributed by atoms with Gasteiger partial charge in [-0.3, -0.25) is 14.4 Å². The van der Waals surface area contributed by atoms with Gasteiger partial charge in [-0.2, -0.15) is 0 Å². The Morgan fingerprint density at radius 2 is 1.86 bits per heavy atom. The van der Waals surface area contributed by atoms with Crippen LogP contribution < -0.4 is 10.6 Å². The van der Waals surface area contributed by atoms with Gasteiger partial charge in [-0.25, -0.2) is 0 Å². The SMILES string of the molecule is CCN(CC)C(=O)c1ccc(NC(=O)c2ccc3c(c2)CCC(=O)N3)cc1Cl. The molecule has 1 heterocycles. The van der Waals surface area contributed by atoms with Crippen LogP contribution >= 0.6 is 11.6 Å². The molecular formula is C21H22ClN3O3. The molecule has 0 saturated heterocycles. The number of hydrogen-bond donors (Lipinski definition) is 2. The van der Waals surface area contributed by atoms with Crippen LogP contribution in [0.2, 0.25) is 5.02 Å². The Morgan fingerprint density at radius 1 is 1.11 bits per heavy atom. The standard InChI is InChI=1S/C21H22ClN3O3/c1-3-25(4-2)21(28)16-8-7-15(12-17(16)22)23-20(27)14-5-9-18-13(11-14)6-10-19(26)24-18/h5,7-9,11-12H,3-4,6,10H2,1-2H3,(H,23,27)(H,24,26). The molecule has 0 unspecified atom stereocenters. The van der Waals surface area contributed by atoms with E-state index in [0.717, 1.165) is 11.3 Å². The number of nitrogens with zero attached hydrogens (tertiary/aromatic N) is 1. The van der Waals surface area contributed by atoms with Crippen LogP contribution in [0.4, 0.5) is 11.4 Å². The summed E-state index contributed by atoms with van der Waals surface area (Å²) in [5, 5.41) is 5.89. The van der Waals surface area contributed by atoms with Crippen molar-refractivity contribution in [3.8, 4) is 0 Å². The van der Waals surface area contributed by atoms with Crippen molar-refractivity contribution in [1.82, 2.24) is 4.90 Å². The minimum Gasteiger partial charge on any atom is -0.339 e. The van der Waals surface area contributed by atoms with Crippen molar-refractivity contribution in [1.29, 1.82) is 0 Å². The molecule has 0 saturated carbocycles. The molecule has 2 aromatic carbocycles. The molecule has 0 atom stereocenters. The number of benzene rings is 2. The van der Waals surface area contributed by atoms with E-state index >= 15 is 0 Å². The predicted octanol–water partition coefficient (Wildman–Crippen LogP) is 3.96. The van der Waals surface area contributed by atoms with Gasteiger partial charge in [0.25, 0.3) is 11.8 Å². The second-order valence-electron chi connectivity index (χ2n) is 6.55. The summed E-state index contributed by atoms with van der Waals surface area (Å²) < 4.78 is 0. The van der Waals surface area contributed by atoms with Gasteiger partial charge in [0.15, 0.2) is 0 Å². The van der Waals surface area contributed by atoms with Crippen molar-refractivity contribution in [2.45, 2.75) is 26.7 Å². The molecule has 0 spiro atoms. The molecule has 28 heavy (non-hydrogen) atoms. The van der Waals surface area contributed by atoms with Crippen molar-refractivity contribution in [3.05, 3.63) is 58.1 Å². The number of carbonyl (C=O) groups excluding carboxylic acids is 3. The van der Waals surface area contributed by atoms with Gasteiger partial charge >= 0.3 is 0 Å². The monoisotopic (exact) mass is 399 g/mol. The second kappa shape index (κ2) is 8.44. The van der Waals surface area contributed by atoms with Crippen LogP contribution in [0.1, 0.15) is 46.5 Å². The predicted molar refractivity (Wildman–Crippen MR) is 110 cm³/mol. The molecule has 0 radical (unpaired) electrons. The summed E-state index contributed by atoms with van der Waals surface area (Å²) in [7, 11) is 0. The molecule has 2 N–H and O–H groups in total. The molecule has 0 aliphatic carbocycles. The summed E-state index contributed by atoms with van der Waals surface area (Å²) in [6.07, 6.45) is 1.02. The van der Waals surface area contributed by atoms with E-state index in [9.17, 15) is 14.4 Å². The smallest absolute Gasteiger partial charge is 0.255 e. The minimum absolute atomic E-state index is 0.0151. The first-order chi connectivity index (χ1) is 13.4. The third-order valence-corrected chi connectivity index (χ3v) is 5.08. The molecule has 1 aliphatic rings. The van der Waals surface area contributed by atoms with E-state index in [1.807, 2.05) is 13.8 Å². The Balaban J connectivity index is 1.75. The third kappa shape index (κ3) is 4.17. The van der Waals surface area contributed by atoms with Crippen molar-refractivity contribution < 1.29 is 14.4 Å². The molecule has 3 amide bonds. The Bertz CT molecular complexity index is 938. The zero-order valence-corrected chi connectivity index (χ0v) is 16.6. The van der Waals surface area contributed by atoms with Crippen molar-refractivity contribution in [3.63, 3.8) is 0 Å². The van der Waals surface area contributed by atoms with E-state index in [1.165, 1.54) is 0 Å².